The van der Waals surface area contributed by atoms with Crippen LogP contribution in [0, 0.1) is 12.7 Å². The minimum absolute atomic E-state index is 0.191. The van der Waals surface area contributed by atoms with Crippen LogP contribution in [0.25, 0.3) is 23.0 Å². The molecule has 0 aliphatic carbocycles. The van der Waals surface area contributed by atoms with E-state index < -0.39 is 0 Å². The van der Waals surface area contributed by atoms with E-state index >= 15 is 0 Å². The van der Waals surface area contributed by atoms with Crippen LogP contribution in [0.2, 0.25) is 0 Å². The van der Waals surface area contributed by atoms with Crippen molar-refractivity contribution in [3.63, 3.8) is 0 Å². The second kappa shape index (κ2) is 13.9. The molecule has 1 aliphatic heterocycles. The number of carbonyl (C=O) groups excluding carboxylic acids is 1. The van der Waals surface area contributed by atoms with Gasteiger partial charge in [0, 0.05) is 28.0 Å². The Morgan fingerprint density at radius 1 is 0.792 bits per heavy atom. The van der Waals surface area contributed by atoms with E-state index in [0.717, 1.165) is 27.3 Å². The van der Waals surface area contributed by atoms with Crippen molar-refractivity contribution in [2.75, 3.05) is 10.8 Å². The molecule has 0 spiro atoms. The monoisotopic (exact) mass is 650 g/mol. The van der Waals surface area contributed by atoms with Gasteiger partial charge in [0.1, 0.15) is 18.2 Å². The second-order valence-corrected chi connectivity index (χ2v) is 12.4. The first-order chi connectivity index (χ1) is 23.5. The third kappa shape index (κ3) is 6.99. The molecule has 6 nitrogen and oxygen atoms in total. The minimum atomic E-state index is -0.278. The predicted molar refractivity (Wildman–Crippen MR) is 191 cm³/mol. The smallest absolute Gasteiger partial charge is 0.280 e. The van der Waals surface area contributed by atoms with Gasteiger partial charge >= 0.3 is 0 Å². The maximum Gasteiger partial charge on any atom is 0.280 e. The first-order valence-electron chi connectivity index (χ1n) is 15.5. The highest BCUT2D eigenvalue weighted by Crippen LogP contribution is 2.32. The number of rotatable bonds is 10. The third-order valence-electron chi connectivity index (χ3n) is 7.86. The Morgan fingerprint density at radius 3 is 2.15 bits per heavy atom. The van der Waals surface area contributed by atoms with E-state index in [1.807, 2.05) is 102 Å². The summed E-state index contributed by atoms with van der Waals surface area (Å²) in [5, 5.41) is 11.3. The van der Waals surface area contributed by atoms with Gasteiger partial charge in [-0.1, -0.05) is 66.2 Å². The van der Waals surface area contributed by atoms with E-state index in [4.69, 9.17) is 14.9 Å². The molecule has 0 fully saturated rings. The molecule has 6 aromatic rings. The number of benzene rings is 5. The number of hydrogen-bond donors (Lipinski definition) is 0. The second-order valence-electron chi connectivity index (χ2n) is 11.3. The average Bonchev–Trinajstić information content (AvgIpc) is 3.69. The summed E-state index contributed by atoms with van der Waals surface area (Å²) >= 11 is 1.64. The Kier molecular flexibility index (Phi) is 8.98. The number of anilines is 1. The Hall–Kier alpha value is -5.73. The summed E-state index contributed by atoms with van der Waals surface area (Å²) in [6.07, 6.45) is 3.85. The van der Waals surface area contributed by atoms with Gasteiger partial charge < -0.3 is 4.74 Å². The number of para-hydroxylation sites is 2. The van der Waals surface area contributed by atoms with Crippen LogP contribution in [-0.2, 0) is 11.4 Å². The van der Waals surface area contributed by atoms with Crippen LogP contribution in [0.1, 0.15) is 16.7 Å². The lowest BCUT2D eigenvalue weighted by Gasteiger charge is -2.11. The van der Waals surface area contributed by atoms with Crippen molar-refractivity contribution in [2.45, 2.75) is 18.4 Å². The zero-order valence-corrected chi connectivity index (χ0v) is 27.0. The number of hydrazone groups is 1. The molecular formula is C40H31FN4O2S. The molecule has 0 N–H and O–H groups in total. The van der Waals surface area contributed by atoms with E-state index in [1.165, 1.54) is 22.7 Å². The van der Waals surface area contributed by atoms with Gasteiger partial charge in [0.25, 0.3) is 5.91 Å². The number of nitrogens with zero attached hydrogens (tertiary/aromatic N) is 4. The molecule has 0 atom stereocenters. The molecule has 236 valence electrons. The number of thioether (sulfide) groups is 1. The molecule has 2 heterocycles. The van der Waals surface area contributed by atoms with Gasteiger partial charge in [0.15, 0.2) is 0 Å². The Bertz CT molecular complexity index is 2090. The van der Waals surface area contributed by atoms with Gasteiger partial charge in [-0.05, 0) is 91.4 Å². The molecule has 48 heavy (non-hydrogen) atoms. The highest BCUT2D eigenvalue weighted by Gasteiger charge is 2.31. The summed E-state index contributed by atoms with van der Waals surface area (Å²) < 4.78 is 21.1. The molecule has 7 rings (SSSR count). The van der Waals surface area contributed by atoms with E-state index in [9.17, 15) is 9.18 Å². The lowest BCUT2D eigenvalue weighted by Crippen LogP contribution is -2.21. The molecule has 1 amide bonds. The Morgan fingerprint density at radius 2 is 1.46 bits per heavy atom. The summed E-state index contributed by atoms with van der Waals surface area (Å²) in [5.74, 6) is 0.729. The van der Waals surface area contributed by atoms with Gasteiger partial charge in [-0.25, -0.2) is 9.07 Å². The van der Waals surface area contributed by atoms with Gasteiger partial charge in [0.05, 0.1) is 28.4 Å². The number of aryl methyl sites for hydroxylation is 1. The zero-order valence-electron chi connectivity index (χ0n) is 26.2. The fourth-order valence-corrected chi connectivity index (χ4v) is 6.13. The lowest BCUT2D eigenvalue weighted by molar-refractivity contribution is -0.114. The van der Waals surface area contributed by atoms with Gasteiger partial charge in [-0.2, -0.15) is 15.2 Å². The zero-order chi connectivity index (χ0) is 32.9. The van der Waals surface area contributed by atoms with Crippen molar-refractivity contribution in [2.24, 2.45) is 5.10 Å². The normalized spacial score (nSPS) is 13.6. The number of carbonyl (C=O) groups is 1. The molecule has 0 radical (unpaired) electrons. The number of halogens is 1. The maximum atomic E-state index is 14.0. The average molecular weight is 651 g/mol. The summed E-state index contributed by atoms with van der Waals surface area (Å²) in [6, 6.07) is 41.6. The molecule has 0 saturated heterocycles. The quantitative estimate of drug-likeness (QED) is 0.110. The maximum absolute atomic E-state index is 14.0. The van der Waals surface area contributed by atoms with Gasteiger partial charge in [-0.3, -0.25) is 4.79 Å². The summed E-state index contributed by atoms with van der Waals surface area (Å²) in [6.45, 7) is 2.39. The third-order valence-corrected chi connectivity index (χ3v) is 8.88. The van der Waals surface area contributed by atoms with E-state index in [1.54, 1.807) is 23.9 Å². The molecule has 1 aliphatic rings. The van der Waals surface area contributed by atoms with Crippen LogP contribution >= 0.6 is 11.8 Å². The Balaban J connectivity index is 1.23. The first-order valence-corrected chi connectivity index (χ1v) is 16.5. The van der Waals surface area contributed by atoms with Crippen LogP contribution in [0.15, 0.2) is 155 Å². The van der Waals surface area contributed by atoms with Crippen LogP contribution in [0.5, 0.6) is 5.75 Å². The number of hydrogen-bond acceptors (Lipinski definition) is 5. The number of ether oxygens (including phenoxy) is 1. The molecule has 0 bridgehead atoms. The van der Waals surface area contributed by atoms with Gasteiger partial charge in [0.2, 0.25) is 0 Å². The van der Waals surface area contributed by atoms with Crippen LogP contribution in [0.3, 0.4) is 0 Å². The van der Waals surface area contributed by atoms with Crippen LogP contribution < -0.4 is 9.75 Å². The van der Waals surface area contributed by atoms with E-state index in [2.05, 4.69) is 31.2 Å². The number of aromatic nitrogens is 2. The highest BCUT2D eigenvalue weighted by atomic mass is 32.2. The lowest BCUT2D eigenvalue weighted by atomic mass is 10.0. The van der Waals surface area contributed by atoms with Crippen molar-refractivity contribution < 1.29 is 13.9 Å². The largest absolute Gasteiger partial charge is 0.489 e. The SMILES string of the molecule is Cc1ccc(SCC2=NN(c3ccccc3)C(=O)/C2=C\c2cn(-c3ccccc3)nc2-c2ccc(OCc3ccc(F)cc3)cc2)cc1. The first kappa shape index (κ1) is 30.9. The number of amides is 1. The fourth-order valence-electron chi connectivity index (χ4n) is 5.28. The topological polar surface area (TPSA) is 59.7 Å². The molecule has 5 aromatic carbocycles. The Labute approximate surface area is 282 Å². The van der Waals surface area contributed by atoms with Crippen molar-refractivity contribution in [1.82, 2.24) is 9.78 Å². The van der Waals surface area contributed by atoms with E-state index in [0.29, 0.717) is 40.8 Å². The molecular weight excluding hydrogens is 620 g/mol. The fraction of sp³-hybridized carbons (Fsp3) is 0.0750. The van der Waals surface area contributed by atoms with Crippen molar-refractivity contribution in [3.8, 4) is 22.7 Å². The summed E-state index contributed by atoms with van der Waals surface area (Å²) in [5.41, 5.74) is 7.25. The summed E-state index contributed by atoms with van der Waals surface area (Å²) in [4.78, 5) is 15.1. The van der Waals surface area contributed by atoms with Crippen LogP contribution in [0.4, 0.5) is 10.1 Å². The minimum Gasteiger partial charge on any atom is -0.489 e. The van der Waals surface area contributed by atoms with Crippen molar-refractivity contribution in [3.05, 3.63) is 168 Å². The van der Waals surface area contributed by atoms with Crippen LogP contribution in [-0.4, -0.2) is 27.2 Å². The van der Waals surface area contributed by atoms with Crippen molar-refractivity contribution >= 4 is 35.1 Å². The summed E-state index contributed by atoms with van der Waals surface area (Å²) in [7, 11) is 0. The standard InChI is InChI=1S/C40H31FN4O2S/c1-28-12-22-36(23-13-28)48-27-38-37(40(46)45(42-38)34-10-6-3-7-11-34)24-31-25-44(33-8-4-2-5-9-33)43-39(31)30-16-20-35(21-17-30)47-26-29-14-18-32(41)19-15-29/h2-25H,26-27H2,1H3/b37-24-. The predicted octanol–water partition coefficient (Wildman–Crippen LogP) is 9.14. The van der Waals surface area contributed by atoms with E-state index in [-0.39, 0.29) is 11.7 Å². The molecule has 1 aromatic heterocycles. The van der Waals surface area contributed by atoms with Crippen molar-refractivity contribution in [1.29, 1.82) is 0 Å². The molecule has 8 heteroatoms. The van der Waals surface area contributed by atoms with Gasteiger partial charge in [-0.15, -0.1) is 11.8 Å². The molecule has 0 unspecified atom stereocenters. The molecule has 0 saturated carbocycles. The highest BCUT2D eigenvalue weighted by molar-refractivity contribution is 8.00.